The molecule has 0 spiro atoms. The molecule has 2 unspecified atom stereocenters. The van der Waals surface area contributed by atoms with Crippen LogP contribution < -0.4 is 0 Å². The normalized spacial score (nSPS) is 19.1. The number of hydrogen-bond acceptors (Lipinski definition) is 3. The number of fused-ring (bicyclic) bond motifs is 1. The molecule has 4 nitrogen and oxygen atoms in total. The van der Waals surface area contributed by atoms with Crippen molar-refractivity contribution in [2.24, 2.45) is 0 Å². The molecule has 1 N–H and O–H groups in total. The smallest absolute Gasteiger partial charge is 0.320 e. The Morgan fingerprint density at radius 3 is 2.78 bits per heavy atom. The van der Waals surface area contributed by atoms with Crippen LogP contribution in [0.2, 0.25) is 0 Å². The van der Waals surface area contributed by atoms with E-state index in [0.717, 1.165) is 46.0 Å². The van der Waals surface area contributed by atoms with Gasteiger partial charge in [-0.3, -0.25) is 14.7 Å². The fourth-order valence-electron chi connectivity index (χ4n) is 3.97. The summed E-state index contributed by atoms with van der Waals surface area (Å²) in [7, 11) is 0. The lowest BCUT2D eigenvalue weighted by Gasteiger charge is -2.39. The lowest BCUT2D eigenvalue weighted by Crippen LogP contribution is -2.47. The highest BCUT2D eigenvalue weighted by Gasteiger charge is 2.35. The Kier molecular flexibility index (Phi) is 5.23. The van der Waals surface area contributed by atoms with E-state index in [4.69, 9.17) is 4.98 Å². The van der Waals surface area contributed by atoms with Crippen molar-refractivity contribution >= 4 is 32.8 Å². The maximum Gasteiger partial charge on any atom is 0.320 e. The van der Waals surface area contributed by atoms with Gasteiger partial charge in [-0.15, -0.1) is 0 Å². The Balaban J connectivity index is 1.85. The van der Waals surface area contributed by atoms with Gasteiger partial charge in [0, 0.05) is 9.86 Å². The zero-order chi connectivity index (χ0) is 18.8. The summed E-state index contributed by atoms with van der Waals surface area (Å²) in [5.74, 6) is -0.754. The van der Waals surface area contributed by atoms with E-state index in [9.17, 15) is 9.90 Å². The van der Waals surface area contributed by atoms with Crippen LogP contribution in [0.3, 0.4) is 0 Å². The minimum atomic E-state index is -0.754. The highest BCUT2D eigenvalue weighted by Crippen LogP contribution is 2.35. The average Bonchev–Trinajstić information content (AvgIpc) is 2.68. The van der Waals surface area contributed by atoms with Gasteiger partial charge in [0.15, 0.2) is 0 Å². The predicted octanol–water partition coefficient (Wildman–Crippen LogP) is 5.03. The van der Waals surface area contributed by atoms with Gasteiger partial charge in [-0.25, -0.2) is 0 Å². The third kappa shape index (κ3) is 3.75. The number of benzene rings is 2. The van der Waals surface area contributed by atoms with Crippen molar-refractivity contribution in [3.05, 3.63) is 76.4 Å². The van der Waals surface area contributed by atoms with Crippen molar-refractivity contribution in [2.45, 2.75) is 31.3 Å². The molecule has 138 valence electrons. The monoisotopic (exact) mass is 424 g/mol. The number of piperidine rings is 1. The third-order valence-electron chi connectivity index (χ3n) is 5.23. The maximum absolute atomic E-state index is 11.9. The van der Waals surface area contributed by atoms with E-state index in [0.29, 0.717) is 6.42 Å². The molecule has 0 amide bonds. The number of aliphatic carboxylic acids is 1. The van der Waals surface area contributed by atoms with Crippen molar-refractivity contribution < 1.29 is 9.90 Å². The number of pyridine rings is 1. The van der Waals surface area contributed by atoms with Crippen LogP contribution in [0, 0.1) is 0 Å². The molecule has 1 aromatic heterocycles. The standard InChI is InChI=1S/C22H21BrN2O2/c23-17-8-5-7-16(14-17)21(25-13-4-3-10-20(25)22(26)27)19-12-11-15-6-1-2-9-18(15)24-19/h1-2,5-9,11-12,14,20-21H,3-4,10,13H2,(H,26,27). The van der Waals surface area contributed by atoms with E-state index < -0.39 is 12.0 Å². The number of nitrogens with zero attached hydrogens (tertiary/aromatic N) is 2. The molecule has 1 fully saturated rings. The Bertz CT molecular complexity index is 975. The number of para-hydroxylation sites is 1. The highest BCUT2D eigenvalue weighted by molar-refractivity contribution is 9.10. The molecule has 1 aliphatic rings. The van der Waals surface area contributed by atoms with Crippen molar-refractivity contribution in [2.75, 3.05) is 6.54 Å². The van der Waals surface area contributed by atoms with E-state index in [2.05, 4.69) is 39.0 Å². The zero-order valence-electron chi connectivity index (χ0n) is 14.9. The van der Waals surface area contributed by atoms with Crippen LogP contribution in [0.25, 0.3) is 10.9 Å². The molecule has 2 atom stereocenters. The first-order valence-electron chi connectivity index (χ1n) is 9.23. The van der Waals surface area contributed by atoms with Crippen LogP contribution in [0.1, 0.15) is 36.6 Å². The van der Waals surface area contributed by atoms with Gasteiger partial charge in [0.25, 0.3) is 0 Å². The summed E-state index contributed by atoms with van der Waals surface area (Å²) in [6.45, 7) is 0.753. The van der Waals surface area contributed by atoms with Crippen LogP contribution in [-0.2, 0) is 4.79 Å². The summed E-state index contributed by atoms with van der Waals surface area (Å²) in [5.41, 5.74) is 2.87. The van der Waals surface area contributed by atoms with Gasteiger partial charge in [-0.05, 0) is 49.2 Å². The molecule has 0 saturated carbocycles. The zero-order valence-corrected chi connectivity index (χ0v) is 16.5. The van der Waals surface area contributed by atoms with Crippen molar-refractivity contribution in [1.82, 2.24) is 9.88 Å². The molecule has 5 heteroatoms. The molecule has 0 bridgehead atoms. The van der Waals surface area contributed by atoms with Crippen molar-refractivity contribution in [3.63, 3.8) is 0 Å². The third-order valence-corrected chi connectivity index (χ3v) is 5.72. The molecule has 1 saturated heterocycles. The topological polar surface area (TPSA) is 53.4 Å². The quantitative estimate of drug-likeness (QED) is 0.638. The number of carbonyl (C=O) groups is 1. The first-order valence-corrected chi connectivity index (χ1v) is 10.0. The van der Waals surface area contributed by atoms with E-state index in [-0.39, 0.29) is 6.04 Å². The lowest BCUT2D eigenvalue weighted by molar-refractivity contribution is -0.145. The number of hydrogen-bond donors (Lipinski definition) is 1. The van der Waals surface area contributed by atoms with Gasteiger partial charge < -0.3 is 5.11 Å². The fourth-order valence-corrected chi connectivity index (χ4v) is 4.39. The Morgan fingerprint density at radius 2 is 1.96 bits per heavy atom. The van der Waals surface area contributed by atoms with E-state index in [1.807, 2.05) is 42.5 Å². The second-order valence-corrected chi connectivity index (χ2v) is 7.89. The number of rotatable bonds is 4. The number of carboxylic acid groups (broad SMARTS) is 1. The Morgan fingerprint density at radius 1 is 1.11 bits per heavy atom. The van der Waals surface area contributed by atoms with Crippen LogP contribution in [0.15, 0.2) is 65.1 Å². The Hall–Kier alpha value is -2.24. The molecule has 27 heavy (non-hydrogen) atoms. The number of likely N-dealkylation sites (tertiary alicyclic amines) is 1. The molecule has 2 heterocycles. The number of aromatic nitrogens is 1. The largest absolute Gasteiger partial charge is 0.480 e. The summed E-state index contributed by atoms with van der Waals surface area (Å²) in [5, 5.41) is 10.9. The Labute approximate surface area is 167 Å². The summed E-state index contributed by atoms with van der Waals surface area (Å²) < 4.78 is 0.981. The SMILES string of the molecule is O=C(O)C1CCCCN1C(c1cccc(Br)c1)c1ccc2ccccc2n1. The molecule has 3 aromatic rings. The molecular weight excluding hydrogens is 404 g/mol. The van der Waals surface area contributed by atoms with Crippen LogP contribution in [-0.4, -0.2) is 33.5 Å². The molecule has 1 aliphatic heterocycles. The molecule has 0 radical (unpaired) electrons. The summed E-state index contributed by atoms with van der Waals surface area (Å²) in [6, 6.07) is 19.5. The van der Waals surface area contributed by atoms with Gasteiger partial charge in [0.05, 0.1) is 17.3 Å². The van der Waals surface area contributed by atoms with E-state index >= 15 is 0 Å². The lowest BCUT2D eigenvalue weighted by atomic mass is 9.94. The van der Waals surface area contributed by atoms with Gasteiger partial charge in [-0.2, -0.15) is 0 Å². The van der Waals surface area contributed by atoms with Gasteiger partial charge in [-0.1, -0.05) is 58.7 Å². The second kappa shape index (κ2) is 7.79. The van der Waals surface area contributed by atoms with E-state index in [1.54, 1.807) is 0 Å². The van der Waals surface area contributed by atoms with Gasteiger partial charge in [0.1, 0.15) is 6.04 Å². The number of halogens is 1. The maximum atomic E-state index is 11.9. The molecular formula is C22H21BrN2O2. The predicted molar refractivity (Wildman–Crippen MR) is 110 cm³/mol. The first-order chi connectivity index (χ1) is 13.1. The van der Waals surface area contributed by atoms with Gasteiger partial charge >= 0.3 is 5.97 Å². The molecule has 4 rings (SSSR count). The minimum absolute atomic E-state index is 0.187. The van der Waals surface area contributed by atoms with Crippen LogP contribution in [0.4, 0.5) is 0 Å². The van der Waals surface area contributed by atoms with Crippen molar-refractivity contribution in [3.8, 4) is 0 Å². The van der Waals surface area contributed by atoms with Crippen LogP contribution >= 0.6 is 15.9 Å². The average molecular weight is 425 g/mol. The second-order valence-electron chi connectivity index (χ2n) is 6.97. The molecule has 2 aromatic carbocycles. The van der Waals surface area contributed by atoms with Crippen LogP contribution in [0.5, 0.6) is 0 Å². The van der Waals surface area contributed by atoms with E-state index in [1.165, 1.54) is 0 Å². The first kappa shape index (κ1) is 18.1. The summed E-state index contributed by atoms with van der Waals surface area (Å²) in [4.78, 5) is 18.9. The minimum Gasteiger partial charge on any atom is -0.480 e. The fraction of sp³-hybridized carbons (Fsp3) is 0.273. The van der Waals surface area contributed by atoms with Crippen molar-refractivity contribution in [1.29, 1.82) is 0 Å². The summed E-state index contributed by atoms with van der Waals surface area (Å²) in [6.07, 6.45) is 2.62. The number of carboxylic acids is 1. The molecule has 0 aliphatic carbocycles. The highest BCUT2D eigenvalue weighted by atomic mass is 79.9. The van der Waals surface area contributed by atoms with Gasteiger partial charge in [0.2, 0.25) is 0 Å². The summed E-state index contributed by atoms with van der Waals surface area (Å²) >= 11 is 3.56.